The molecule has 2 N–H and O–H groups in total. The van der Waals surface area contributed by atoms with Crippen LogP contribution in [0.4, 0.5) is 8.78 Å². The van der Waals surface area contributed by atoms with Crippen molar-refractivity contribution in [1.29, 1.82) is 0 Å². The van der Waals surface area contributed by atoms with Crippen molar-refractivity contribution in [3.63, 3.8) is 0 Å². The molecule has 0 saturated heterocycles. The smallest absolute Gasteiger partial charge is 0.311 e. The molecule has 1 unspecified atom stereocenters. The Morgan fingerprint density at radius 1 is 1.40 bits per heavy atom. The summed E-state index contributed by atoms with van der Waals surface area (Å²) in [6, 6.07) is 1.14. The summed E-state index contributed by atoms with van der Waals surface area (Å²) < 4.78 is 31.2. The van der Waals surface area contributed by atoms with Gasteiger partial charge in [-0.05, 0) is 44.9 Å². The summed E-state index contributed by atoms with van der Waals surface area (Å²) in [6.45, 7) is 5.33. The molecule has 0 heterocycles. The molecule has 0 aliphatic heterocycles. The molecule has 0 bridgehead atoms. The van der Waals surface area contributed by atoms with E-state index in [0.29, 0.717) is 0 Å². The lowest BCUT2D eigenvalue weighted by molar-refractivity contribution is -0.154. The van der Waals surface area contributed by atoms with Crippen molar-refractivity contribution in [2.45, 2.75) is 33.2 Å². The van der Waals surface area contributed by atoms with Crippen molar-refractivity contribution < 1.29 is 18.3 Å². The number of halogens is 3. The molecule has 0 aliphatic rings. The van der Waals surface area contributed by atoms with Gasteiger partial charge in [-0.3, -0.25) is 4.79 Å². The van der Waals surface area contributed by atoms with Crippen LogP contribution < -0.4 is 5.73 Å². The molecule has 0 amide bonds. The molecule has 1 atom stereocenters. The van der Waals surface area contributed by atoms with E-state index in [4.69, 9.17) is 22.1 Å². The molecule has 112 valence electrons. The zero-order valence-electron chi connectivity index (χ0n) is 11.7. The van der Waals surface area contributed by atoms with E-state index in [1.807, 2.05) is 0 Å². The Bertz CT molecular complexity index is 506. The number of carbonyl (C=O) groups excluding carboxylic acids is 1. The first-order chi connectivity index (χ1) is 9.19. The summed E-state index contributed by atoms with van der Waals surface area (Å²) in [4.78, 5) is 11.8. The van der Waals surface area contributed by atoms with Crippen LogP contribution in [0.25, 0.3) is 0 Å². The van der Waals surface area contributed by atoms with Crippen LogP contribution in [-0.2, 0) is 9.53 Å². The van der Waals surface area contributed by atoms with Crippen LogP contribution in [0.3, 0.4) is 0 Å². The number of ether oxygens (including phenoxy) is 1. The predicted octanol–water partition coefficient (Wildman–Crippen LogP) is 3.60. The van der Waals surface area contributed by atoms with E-state index in [0.717, 1.165) is 12.1 Å². The number of rotatable bonds is 5. The number of carbonyl (C=O) groups is 1. The molecular formula is C14H18ClF2NO2. The second kappa shape index (κ2) is 6.50. The summed E-state index contributed by atoms with van der Waals surface area (Å²) in [7, 11) is 0. The van der Waals surface area contributed by atoms with Crippen LogP contribution in [0.2, 0.25) is 5.02 Å². The van der Waals surface area contributed by atoms with Crippen LogP contribution in [0.1, 0.15) is 38.8 Å². The van der Waals surface area contributed by atoms with Crippen molar-refractivity contribution in [2.75, 3.05) is 6.61 Å². The predicted molar refractivity (Wildman–Crippen MR) is 73.3 cm³/mol. The minimum atomic E-state index is -1.03. The first-order valence-electron chi connectivity index (χ1n) is 6.26. The van der Waals surface area contributed by atoms with Gasteiger partial charge in [-0.2, -0.15) is 0 Å². The van der Waals surface area contributed by atoms with Crippen LogP contribution in [-0.4, -0.2) is 12.6 Å². The van der Waals surface area contributed by atoms with Gasteiger partial charge in [-0.15, -0.1) is 0 Å². The Kier molecular flexibility index (Phi) is 5.48. The average molecular weight is 306 g/mol. The fourth-order valence-corrected chi connectivity index (χ4v) is 2.18. The first kappa shape index (κ1) is 16.9. The van der Waals surface area contributed by atoms with Crippen molar-refractivity contribution in [2.24, 2.45) is 11.1 Å². The molecule has 0 fully saturated rings. The molecule has 20 heavy (non-hydrogen) atoms. The monoisotopic (exact) mass is 305 g/mol. The molecule has 1 aromatic rings. The molecule has 1 rings (SSSR count). The van der Waals surface area contributed by atoms with Gasteiger partial charge in [0.15, 0.2) is 11.6 Å². The third-order valence-corrected chi connectivity index (χ3v) is 3.32. The van der Waals surface area contributed by atoms with E-state index in [1.54, 1.807) is 20.8 Å². The van der Waals surface area contributed by atoms with E-state index in [9.17, 15) is 13.6 Å². The minimum absolute atomic E-state index is 0.0380. The van der Waals surface area contributed by atoms with Crippen LogP contribution >= 0.6 is 11.6 Å². The fraction of sp³-hybridized carbons (Fsp3) is 0.500. The molecular weight excluding hydrogens is 288 g/mol. The Labute approximate surface area is 122 Å². The lowest BCUT2D eigenvalue weighted by Gasteiger charge is -2.26. The largest absolute Gasteiger partial charge is 0.466 e. The van der Waals surface area contributed by atoms with E-state index >= 15 is 0 Å². The van der Waals surface area contributed by atoms with Crippen LogP contribution in [0.5, 0.6) is 0 Å². The van der Waals surface area contributed by atoms with Gasteiger partial charge in [-0.25, -0.2) is 8.78 Å². The van der Waals surface area contributed by atoms with Gasteiger partial charge in [0.1, 0.15) is 0 Å². The lowest BCUT2D eigenvalue weighted by Crippen LogP contribution is -2.31. The molecule has 6 heteroatoms. The van der Waals surface area contributed by atoms with Crippen LogP contribution in [0, 0.1) is 17.0 Å². The first-order valence-corrected chi connectivity index (χ1v) is 6.64. The summed E-state index contributed by atoms with van der Waals surface area (Å²) in [5.41, 5.74) is 5.38. The molecule has 0 aromatic heterocycles. The quantitative estimate of drug-likeness (QED) is 0.668. The summed E-state index contributed by atoms with van der Waals surface area (Å²) in [5.74, 6) is -2.45. The van der Waals surface area contributed by atoms with Crippen molar-refractivity contribution in [3.05, 3.63) is 34.4 Å². The number of esters is 1. The highest BCUT2D eigenvalue weighted by Gasteiger charge is 2.32. The number of benzene rings is 1. The van der Waals surface area contributed by atoms with E-state index in [-0.39, 0.29) is 23.6 Å². The zero-order chi connectivity index (χ0) is 15.5. The lowest BCUT2D eigenvalue weighted by atomic mass is 9.84. The number of nitrogens with two attached hydrogens (primary N) is 1. The van der Waals surface area contributed by atoms with Crippen LogP contribution in [0.15, 0.2) is 12.1 Å². The zero-order valence-corrected chi connectivity index (χ0v) is 12.4. The Hall–Kier alpha value is -1.20. The summed E-state index contributed by atoms with van der Waals surface area (Å²) >= 11 is 5.86. The molecule has 1 aromatic carbocycles. The van der Waals surface area contributed by atoms with Crippen molar-refractivity contribution in [3.8, 4) is 0 Å². The number of hydrogen-bond donors (Lipinski definition) is 1. The summed E-state index contributed by atoms with van der Waals surface area (Å²) in [6.07, 6.45) is 0.205. The molecule has 0 saturated carbocycles. The molecule has 0 aliphatic carbocycles. The average Bonchev–Trinajstić information content (AvgIpc) is 2.33. The van der Waals surface area contributed by atoms with Crippen molar-refractivity contribution in [1.82, 2.24) is 0 Å². The SMILES string of the molecule is CCOC(=O)C(C)(C)CC(N)c1cc(F)c(F)cc1Cl. The fourth-order valence-electron chi connectivity index (χ4n) is 1.89. The van der Waals surface area contributed by atoms with Gasteiger partial charge in [0.2, 0.25) is 0 Å². The maximum absolute atomic E-state index is 13.3. The van der Waals surface area contributed by atoms with Gasteiger partial charge >= 0.3 is 5.97 Å². The maximum atomic E-state index is 13.3. The number of hydrogen-bond acceptors (Lipinski definition) is 3. The second-order valence-corrected chi connectivity index (χ2v) is 5.61. The standard InChI is InChI=1S/C14H18ClF2NO2/c1-4-20-13(19)14(2,3)7-12(18)8-5-10(16)11(17)6-9(8)15/h5-6,12H,4,7,18H2,1-3H3. The highest BCUT2D eigenvalue weighted by Crippen LogP contribution is 2.33. The van der Waals surface area contributed by atoms with Gasteiger partial charge < -0.3 is 10.5 Å². The maximum Gasteiger partial charge on any atom is 0.311 e. The van der Waals surface area contributed by atoms with Gasteiger partial charge in [0.25, 0.3) is 0 Å². The normalized spacial score (nSPS) is 13.2. The Morgan fingerprint density at radius 2 is 1.95 bits per heavy atom. The van der Waals surface area contributed by atoms with E-state index in [1.165, 1.54) is 0 Å². The second-order valence-electron chi connectivity index (χ2n) is 5.20. The molecule has 0 radical (unpaired) electrons. The Balaban J connectivity index is 2.94. The van der Waals surface area contributed by atoms with E-state index in [2.05, 4.69) is 0 Å². The van der Waals surface area contributed by atoms with Gasteiger partial charge in [0.05, 0.1) is 12.0 Å². The topological polar surface area (TPSA) is 52.3 Å². The minimum Gasteiger partial charge on any atom is -0.466 e. The van der Waals surface area contributed by atoms with Gasteiger partial charge in [-0.1, -0.05) is 11.6 Å². The third kappa shape index (κ3) is 3.90. The van der Waals surface area contributed by atoms with E-state index < -0.39 is 29.1 Å². The van der Waals surface area contributed by atoms with Crippen molar-refractivity contribution >= 4 is 17.6 Å². The summed E-state index contributed by atoms with van der Waals surface area (Å²) in [5, 5.41) is 0.0380. The highest BCUT2D eigenvalue weighted by atomic mass is 35.5. The molecule has 3 nitrogen and oxygen atoms in total. The third-order valence-electron chi connectivity index (χ3n) is 3.00. The molecule has 0 spiro atoms. The van der Waals surface area contributed by atoms with Gasteiger partial charge in [0, 0.05) is 11.1 Å². The highest BCUT2D eigenvalue weighted by molar-refractivity contribution is 6.31. The Morgan fingerprint density at radius 3 is 2.50 bits per heavy atom.